The minimum Gasteiger partial charge on any atom is -0.384 e. The SMILES string of the molecule is C=C1C=C(c2cc(Cl)ccc2-n2cnnn2)C=C2CCC(c3nc(Cl)c(-c4ccc(N)nc4)[nH]3)N12. The molecule has 0 saturated carbocycles. The van der Waals surface area contributed by atoms with Crippen molar-refractivity contribution in [3.63, 3.8) is 0 Å². The standard InChI is InChI=1S/C24H19Cl2N9/c1-13-8-15(18-10-16(25)3-5-19(18)34-12-29-32-33-34)9-17-4-6-20(35(13)17)24-30-22(23(26)31-24)14-2-7-21(27)28-11-14/h2-3,5,7-12,20H,1,4,6H2,(H2,27,28)(H,30,31). The van der Waals surface area contributed by atoms with Crippen molar-refractivity contribution in [1.29, 1.82) is 0 Å². The third kappa shape index (κ3) is 3.78. The van der Waals surface area contributed by atoms with Crippen molar-refractivity contribution in [3.8, 4) is 16.9 Å². The molecule has 9 nitrogen and oxygen atoms in total. The summed E-state index contributed by atoms with van der Waals surface area (Å²) in [6.45, 7) is 4.35. The minimum atomic E-state index is -0.0158. The molecule has 1 atom stereocenters. The second kappa shape index (κ2) is 8.37. The summed E-state index contributed by atoms with van der Waals surface area (Å²) in [5.41, 5.74) is 12.0. The number of H-pyrrole nitrogens is 1. The van der Waals surface area contributed by atoms with Gasteiger partial charge in [-0.1, -0.05) is 29.8 Å². The number of nitrogens with two attached hydrogens (primary N) is 1. The van der Waals surface area contributed by atoms with Gasteiger partial charge in [0.25, 0.3) is 0 Å². The van der Waals surface area contributed by atoms with E-state index in [0.717, 1.165) is 58.1 Å². The number of imidazole rings is 1. The quantitative estimate of drug-likeness (QED) is 0.403. The number of nitrogens with one attached hydrogen (secondary N) is 1. The Morgan fingerprint density at radius 3 is 2.80 bits per heavy atom. The van der Waals surface area contributed by atoms with Gasteiger partial charge in [-0.2, -0.15) is 4.68 Å². The number of aromatic nitrogens is 7. The number of hydrogen-bond acceptors (Lipinski definition) is 7. The van der Waals surface area contributed by atoms with Crippen LogP contribution in [0.25, 0.3) is 22.5 Å². The second-order valence-corrected chi connectivity index (χ2v) is 9.12. The van der Waals surface area contributed by atoms with E-state index < -0.39 is 0 Å². The molecule has 0 radical (unpaired) electrons. The molecule has 4 aromatic rings. The Morgan fingerprint density at radius 1 is 1.14 bits per heavy atom. The zero-order chi connectivity index (χ0) is 24.1. The average Bonchev–Trinajstić information content (AvgIpc) is 3.59. The van der Waals surface area contributed by atoms with Gasteiger partial charge in [-0.15, -0.1) is 5.10 Å². The number of nitrogens with zero attached hydrogens (tertiary/aromatic N) is 7. The fourth-order valence-corrected chi connectivity index (χ4v) is 5.05. The predicted molar refractivity (Wildman–Crippen MR) is 134 cm³/mol. The summed E-state index contributed by atoms with van der Waals surface area (Å²) in [4.78, 5) is 14.4. The summed E-state index contributed by atoms with van der Waals surface area (Å²) in [5.74, 6) is 1.23. The van der Waals surface area contributed by atoms with Crippen molar-refractivity contribution < 1.29 is 0 Å². The van der Waals surface area contributed by atoms with Crippen LogP contribution in [0, 0.1) is 0 Å². The summed E-state index contributed by atoms with van der Waals surface area (Å²) in [5, 5.41) is 12.6. The fourth-order valence-electron chi connectivity index (χ4n) is 4.63. The van der Waals surface area contributed by atoms with Gasteiger partial charge in [0.1, 0.15) is 18.0 Å². The lowest BCUT2D eigenvalue weighted by molar-refractivity contribution is 0.366. The van der Waals surface area contributed by atoms with E-state index in [9.17, 15) is 0 Å². The molecule has 1 fully saturated rings. The van der Waals surface area contributed by atoms with Gasteiger partial charge in [0.05, 0.1) is 17.4 Å². The van der Waals surface area contributed by atoms with Crippen LogP contribution in [0.3, 0.4) is 0 Å². The summed E-state index contributed by atoms with van der Waals surface area (Å²) in [6, 6.07) is 9.22. The molecule has 2 aliphatic rings. The molecule has 0 aliphatic carbocycles. The highest BCUT2D eigenvalue weighted by Crippen LogP contribution is 2.45. The van der Waals surface area contributed by atoms with Crippen LogP contribution in [-0.4, -0.2) is 40.1 Å². The number of benzene rings is 1. The molecule has 0 spiro atoms. The molecule has 0 amide bonds. The molecule has 1 unspecified atom stereocenters. The largest absolute Gasteiger partial charge is 0.384 e. The van der Waals surface area contributed by atoms with Crippen molar-refractivity contribution in [1.82, 2.24) is 40.1 Å². The van der Waals surface area contributed by atoms with Crippen molar-refractivity contribution in [3.05, 3.63) is 94.5 Å². The maximum absolute atomic E-state index is 6.49. The molecule has 0 bridgehead atoms. The smallest absolute Gasteiger partial charge is 0.155 e. The molecular formula is C24H19Cl2N9. The van der Waals surface area contributed by atoms with Crippen LogP contribution in [0.5, 0.6) is 0 Å². The van der Waals surface area contributed by atoms with Crippen molar-refractivity contribution in [2.75, 3.05) is 5.73 Å². The topological polar surface area (TPSA) is 114 Å². The van der Waals surface area contributed by atoms with Crippen molar-refractivity contribution in [2.24, 2.45) is 0 Å². The molecule has 174 valence electrons. The highest BCUT2D eigenvalue weighted by molar-refractivity contribution is 6.32. The first-order chi connectivity index (χ1) is 17.0. The molecule has 5 heterocycles. The highest BCUT2D eigenvalue weighted by atomic mass is 35.5. The summed E-state index contributed by atoms with van der Waals surface area (Å²) in [7, 11) is 0. The van der Waals surface area contributed by atoms with E-state index in [-0.39, 0.29) is 6.04 Å². The Kier molecular flexibility index (Phi) is 5.16. The first kappa shape index (κ1) is 21.6. The average molecular weight is 504 g/mol. The van der Waals surface area contributed by atoms with Crippen LogP contribution in [0.4, 0.5) is 5.82 Å². The van der Waals surface area contributed by atoms with Gasteiger partial charge in [-0.3, -0.25) is 0 Å². The Morgan fingerprint density at radius 2 is 2.03 bits per heavy atom. The molecule has 6 rings (SSSR count). The highest BCUT2D eigenvalue weighted by Gasteiger charge is 2.35. The van der Waals surface area contributed by atoms with Gasteiger partial charge in [-0.25, -0.2) is 9.97 Å². The number of rotatable bonds is 4. The molecule has 1 saturated heterocycles. The van der Waals surface area contributed by atoms with Crippen LogP contribution in [0.1, 0.15) is 30.3 Å². The lowest BCUT2D eigenvalue weighted by Gasteiger charge is -2.31. The first-order valence-corrected chi connectivity index (χ1v) is 11.6. The third-order valence-corrected chi connectivity index (χ3v) is 6.69. The number of anilines is 1. The van der Waals surface area contributed by atoms with Crippen molar-refractivity contribution in [2.45, 2.75) is 18.9 Å². The molecule has 3 aromatic heterocycles. The predicted octanol–water partition coefficient (Wildman–Crippen LogP) is 4.97. The van der Waals surface area contributed by atoms with Crippen LogP contribution >= 0.6 is 23.2 Å². The number of nitrogen functional groups attached to an aromatic ring is 1. The van der Waals surface area contributed by atoms with Crippen LogP contribution < -0.4 is 5.73 Å². The van der Waals surface area contributed by atoms with Gasteiger partial charge < -0.3 is 15.6 Å². The number of aromatic amines is 1. The van der Waals surface area contributed by atoms with Crippen LogP contribution in [-0.2, 0) is 0 Å². The zero-order valence-electron chi connectivity index (χ0n) is 18.4. The zero-order valence-corrected chi connectivity index (χ0v) is 19.9. The third-order valence-electron chi connectivity index (χ3n) is 6.18. The van der Waals surface area contributed by atoms with Gasteiger partial charge in [0.15, 0.2) is 5.15 Å². The van der Waals surface area contributed by atoms with E-state index in [4.69, 9.17) is 28.9 Å². The van der Waals surface area contributed by atoms with E-state index in [2.05, 4.69) is 48.0 Å². The second-order valence-electron chi connectivity index (χ2n) is 8.33. The van der Waals surface area contributed by atoms with E-state index in [1.807, 2.05) is 30.3 Å². The number of hydrogen-bond donors (Lipinski definition) is 2. The van der Waals surface area contributed by atoms with Gasteiger partial charge in [-0.05, 0) is 71.3 Å². The number of allylic oxidation sites excluding steroid dienone is 4. The minimum absolute atomic E-state index is 0.0158. The number of halogens is 2. The maximum atomic E-state index is 6.49. The Bertz CT molecular complexity index is 1500. The Balaban J connectivity index is 1.34. The van der Waals surface area contributed by atoms with Crippen molar-refractivity contribution >= 4 is 34.6 Å². The van der Waals surface area contributed by atoms with E-state index in [0.29, 0.717) is 16.0 Å². The monoisotopic (exact) mass is 503 g/mol. The normalized spacial score (nSPS) is 17.4. The number of fused-ring (bicyclic) bond motifs is 1. The van der Waals surface area contributed by atoms with E-state index in [1.165, 1.54) is 0 Å². The Labute approximate surface area is 210 Å². The molecule has 3 N–H and O–H groups in total. The van der Waals surface area contributed by atoms with Gasteiger partial charge in [0.2, 0.25) is 0 Å². The van der Waals surface area contributed by atoms with E-state index in [1.54, 1.807) is 23.3 Å². The molecule has 2 aliphatic heterocycles. The Hall–Kier alpha value is -3.95. The maximum Gasteiger partial charge on any atom is 0.155 e. The first-order valence-electron chi connectivity index (χ1n) is 10.9. The number of pyridine rings is 1. The summed E-state index contributed by atoms with van der Waals surface area (Å²) >= 11 is 12.8. The van der Waals surface area contributed by atoms with E-state index >= 15 is 0 Å². The lowest BCUT2D eigenvalue weighted by atomic mass is 9.98. The molecule has 35 heavy (non-hydrogen) atoms. The van der Waals surface area contributed by atoms with Crippen LogP contribution in [0.15, 0.2) is 73.0 Å². The lowest BCUT2D eigenvalue weighted by Crippen LogP contribution is -2.23. The van der Waals surface area contributed by atoms with Gasteiger partial charge >= 0.3 is 0 Å². The number of tetrazole rings is 1. The molecular weight excluding hydrogens is 485 g/mol. The van der Waals surface area contributed by atoms with Gasteiger partial charge in [0, 0.05) is 33.7 Å². The van der Waals surface area contributed by atoms with Crippen LogP contribution in [0.2, 0.25) is 10.2 Å². The molecule has 1 aromatic carbocycles. The summed E-state index contributed by atoms with van der Waals surface area (Å²) in [6.07, 6.45) is 9.16. The fraction of sp³-hybridized carbons (Fsp3) is 0.125. The summed E-state index contributed by atoms with van der Waals surface area (Å²) < 4.78 is 1.62. The molecule has 11 heteroatoms.